The number of carbonyl (C=O) groups excluding carboxylic acids is 1. The lowest BCUT2D eigenvalue weighted by Crippen LogP contribution is -2.26. The van der Waals surface area contributed by atoms with Crippen LogP contribution in [0.4, 0.5) is 0 Å². The highest BCUT2D eigenvalue weighted by Crippen LogP contribution is 2.28. The SMILES string of the molecule is CN(Cc1ccco1)C(=O)c1csc(-c2cccc(OCc3ccc(Cl)cc3)c2)n1. The van der Waals surface area contributed by atoms with Crippen molar-refractivity contribution in [1.29, 1.82) is 0 Å². The van der Waals surface area contributed by atoms with Gasteiger partial charge in [-0.05, 0) is 42.0 Å². The summed E-state index contributed by atoms with van der Waals surface area (Å²) < 4.78 is 11.2. The lowest BCUT2D eigenvalue weighted by Gasteiger charge is -2.13. The molecule has 2 heterocycles. The molecule has 0 spiro atoms. The standard InChI is InChI=1S/C23H19ClN2O3S/c1-26(13-20-6-3-11-28-20)23(27)21-15-30-22(25-21)17-4-2-5-19(12-17)29-14-16-7-9-18(24)10-8-16/h2-12,15H,13-14H2,1H3. The van der Waals surface area contributed by atoms with Crippen molar-refractivity contribution in [3.8, 4) is 16.3 Å². The summed E-state index contributed by atoms with van der Waals surface area (Å²) in [5, 5.41) is 3.24. The van der Waals surface area contributed by atoms with Crippen LogP contribution in [0.15, 0.2) is 76.7 Å². The lowest BCUT2D eigenvalue weighted by atomic mass is 10.2. The average molecular weight is 439 g/mol. The smallest absolute Gasteiger partial charge is 0.273 e. The molecule has 7 heteroatoms. The minimum absolute atomic E-state index is 0.149. The first-order valence-electron chi connectivity index (χ1n) is 9.29. The zero-order valence-corrected chi connectivity index (χ0v) is 17.8. The number of ether oxygens (including phenoxy) is 1. The summed E-state index contributed by atoms with van der Waals surface area (Å²) in [5.74, 6) is 1.32. The van der Waals surface area contributed by atoms with Gasteiger partial charge < -0.3 is 14.1 Å². The highest BCUT2D eigenvalue weighted by molar-refractivity contribution is 7.13. The highest BCUT2D eigenvalue weighted by atomic mass is 35.5. The Kier molecular flexibility index (Phi) is 6.16. The van der Waals surface area contributed by atoms with Crippen molar-refractivity contribution < 1.29 is 13.9 Å². The van der Waals surface area contributed by atoms with Crippen molar-refractivity contribution in [2.24, 2.45) is 0 Å². The molecule has 2 aromatic heterocycles. The van der Waals surface area contributed by atoms with E-state index in [2.05, 4.69) is 4.98 Å². The van der Waals surface area contributed by atoms with Gasteiger partial charge in [0.2, 0.25) is 0 Å². The number of amides is 1. The molecule has 0 aliphatic heterocycles. The number of hydrogen-bond donors (Lipinski definition) is 0. The number of furan rings is 1. The van der Waals surface area contributed by atoms with E-state index in [9.17, 15) is 4.79 Å². The molecule has 0 atom stereocenters. The largest absolute Gasteiger partial charge is 0.489 e. The highest BCUT2D eigenvalue weighted by Gasteiger charge is 2.17. The summed E-state index contributed by atoms with van der Waals surface area (Å²) >= 11 is 7.35. The molecule has 0 bridgehead atoms. The number of aromatic nitrogens is 1. The van der Waals surface area contributed by atoms with Gasteiger partial charge in [0.05, 0.1) is 12.8 Å². The zero-order chi connectivity index (χ0) is 20.9. The Morgan fingerprint density at radius 2 is 2.00 bits per heavy atom. The zero-order valence-electron chi connectivity index (χ0n) is 16.2. The van der Waals surface area contributed by atoms with Gasteiger partial charge in [-0.15, -0.1) is 11.3 Å². The van der Waals surface area contributed by atoms with Crippen LogP contribution in [0.1, 0.15) is 21.8 Å². The van der Waals surface area contributed by atoms with E-state index < -0.39 is 0 Å². The fourth-order valence-electron chi connectivity index (χ4n) is 2.87. The van der Waals surface area contributed by atoms with Gasteiger partial charge in [0.15, 0.2) is 0 Å². The Morgan fingerprint density at radius 3 is 2.77 bits per heavy atom. The first-order valence-corrected chi connectivity index (χ1v) is 10.6. The predicted molar refractivity (Wildman–Crippen MR) is 118 cm³/mol. The quantitative estimate of drug-likeness (QED) is 0.360. The summed E-state index contributed by atoms with van der Waals surface area (Å²) in [4.78, 5) is 18.8. The molecule has 0 fully saturated rings. The van der Waals surface area contributed by atoms with Gasteiger partial charge in [-0.2, -0.15) is 0 Å². The third-order valence-corrected chi connectivity index (χ3v) is 5.59. The Hall–Kier alpha value is -3.09. The lowest BCUT2D eigenvalue weighted by molar-refractivity contribution is 0.0770. The number of benzene rings is 2. The predicted octanol–water partition coefficient (Wildman–Crippen LogP) is 5.91. The number of carbonyl (C=O) groups is 1. The second-order valence-electron chi connectivity index (χ2n) is 6.72. The molecule has 0 saturated heterocycles. The molecular formula is C23H19ClN2O3S. The number of rotatable bonds is 7. The molecule has 2 aromatic carbocycles. The van der Waals surface area contributed by atoms with E-state index in [1.165, 1.54) is 11.3 Å². The Bertz CT molecular complexity index is 1120. The molecule has 0 saturated carbocycles. The Balaban J connectivity index is 1.43. The molecule has 4 rings (SSSR count). The summed E-state index contributed by atoms with van der Waals surface area (Å²) in [6.45, 7) is 0.840. The summed E-state index contributed by atoms with van der Waals surface area (Å²) in [6, 6.07) is 18.9. The molecule has 1 amide bonds. The fraction of sp³-hybridized carbons (Fsp3) is 0.130. The molecular weight excluding hydrogens is 420 g/mol. The minimum Gasteiger partial charge on any atom is -0.489 e. The van der Waals surface area contributed by atoms with Gasteiger partial charge in [0, 0.05) is 23.0 Å². The Morgan fingerprint density at radius 1 is 1.17 bits per heavy atom. The second-order valence-corrected chi connectivity index (χ2v) is 8.02. The van der Waals surface area contributed by atoms with Crippen LogP contribution >= 0.6 is 22.9 Å². The van der Waals surface area contributed by atoms with E-state index >= 15 is 0 Å². The third kappa shape index (κ3) is 4.90. The summed E-state index contributed by atoms with van der Waals surface area (Å²) in [6.07, 6.45) is 1.59. The van der Waals surface area contributed by atoms with Crippen molar-refractivity contribution in [3.63, 3.8) is 0 Å². The number of halogens is 1. The number of nitrogens with zero attached hydrogens (tertiary/aromatic N) is 2. The van der Waals surface area contributed by atoms with Crippen LogP contribution in [-0.2, 0) is 13.2 Å². The first kappa shape index (κ1) is 20.2. The normalized spacial score (nSPS) is 10.7. The molecule has 0 aliphatic carbocycles. The van der Waals surface area contributed by atoms with Gasteiger partial charge >= 0.3 is 0 Å². The fourth-order valence-corrected chi connectivity index (χ4v) is 3.79. The summed E-state index contributed by atoms with van der Waals surface area (Å²) in [7, 11) is 1.73. The molecule has 152 valence electrons. The maximum atomic E-state index is 12.7. The Labute approximate surface area is 183 Å². The third-order valence-electron chi connectivity index (χ3n) is 4.44. The minimum atomic E-state index is -0.149. The average Bonchev–Trinajstić information content (AvgIpc) is 3.45. The van der Waals surface area contributed by atoms with Gasteiger partial charge in [0.1, 0.15) is 28.8 Å². The van der Waals surface area contributed by atoms with Crippen LogP contribution in [0.3, 0.4) is 0 Å². The molecule has 0 aliphatic rings. The molecule has 4 aromatic rings. The molecule has 5 nitrogen and oxygen atoms in total. The van der Waals surface area contributed by atoms with Gasteiger partial charge in [-0.3, -0.25) is 4.79 Å². The number of thiazole rings is 1. The van der Waals surface area contributed by atoms with Crippen LogP contribution in [-0.4, -0.2) is 22.8 Å². The van der Waals surface area contributed by atoms with Crippen molar-refractivity contribution in [1.82, 2.24) is 9.88 Å². The van der Waals surface area contributed by atoms with Gasteiger partial charge in [0.25, 0.3) is 5.91 Å². The molecule has 0 N–H and O–H groups in total. The summed E-state index contributed by atoms with van der Waals surface area (Å²) in [5.41, 5.74) is 2.35. The number of hydrogen-bond acceptors (Lipinski definition) is 5. The van der Waals surface area contributed by atoms with E-state index in [0.717, 1.165) is 27.6 Å². The monoisotopic (exact) mass is 438 g/mol. The van der Waals surface area contributed by atoms with E-state index in [1.807, 2.05) is 54.6 Å². The van der Waals surface area contributed by atoms with Crippen LogP contribution in [0.5, 0.6) is 5.75 Å². The van der Waals surface area contributed by atoms with Crippen LogP contribution < -0.4 is 4.74 Å². The maximum absolute atomic E-state index is 12.7. The van der Waals surface area contributed by atoms with E-state index in [-0.39, 0.29) is 5.91 Å². The van der Waals surface area contributed by atoms with Gasteiger partial charge in [-0.25, -0.2) is 4.98 Å². The van der Waals surface area contributed by atoms with Crippen molar-refractivity contribution in [3.05, 3.63) is 94.3 Å². The van der Waals surface area contributed by atoms with E-state index in [0.29, 0.717) is 23.9 Å². The topological polar surface area (TPSA) is 55.6 Å². The van der Waals surface area contributed by atoms with Crippen molar-refractivity contribution in [2.75, 3.05) is 7.05 Å². The molecule has 0 unspecified atom stereocenters. The van der Waals surface area contributed by atoms with Crippen molar-refractivity contribution >= 4 is 28.8 Å². The second kappa shape index (κ2) is 9.15. The first-order chi connectivity index (χ1) is 14.6. The molecule has 30 heavy (non-hydrogen) atoms. The van der Waals surface area contributed by atoms with E-state index in [1.54, 1.807) is 29.7 Å². The van der Waals surface area contributed by atoms with Crippen LogP contribution in [0, 0.1) is 0 Å². The van der Waals surface area contributed by atoms with Crippen molar-refractivity contribution in [2.45, 2.75) is 13.2 Å². The van der Waals surface area contributed by atoms with Gasteiger partial charge in [-0.1, -0.05) is 35.9 Å². The van der Waals surface area contributed by atoms with E-state index in [4.69, 9.17) is 20.8 Å². The van der Waals surface area contributed by atoms with Crippen LogP contribution in [0.2, 0.25) is 5.02 Å². The maximum Gasteiger partial charge on any atom is 0.273 e. The molecule has 0 radical (unpaired) electrons. The van der Waals surface area contributed by atoms with Crippen LogP contribution in [0.25, 0.3) is 10.6 Å².